The van der Waals surface area contributed by atoms with E-state index in [0.29, 0.717) is 0 Å². The van der Waals surface area contributed by atoms with Gasteiger partial charge in [0.25, 0.3) is 0 Å². The Balaban J connectivity index is 1.61. The molecular weight excluding hydrogens is 280 g/mol. The first kappa shape index (κ1) is 12.3. The lowest BCUT2D eigenvalue weighted by Gasteiger charge is -2.04. The Morgan fingerprint density at radius 3 is 2.76 bits per heavy atom. The van der Waals surface area contributed by atoms with Crippen LogP contribution in [0.3, 0.4) is 0 Å². The molecule has 1 aromatic heterocycles. The Morgan fingerprint density at radius 1 is 1.24 bits per heavy atom. The number of halogens is 1. The van der Waals surface area contributed by atoms with Gasteiger partial charge in [0, 0.05) is 17.4 Å². The van der Waals surface area contributed by atoms with Crippen LogP contribution in [-0.4, -0.2) is 21.7 Å². The van der Waals surface area contributed by atoms with Gasteiger partial charge in [-0.05, 0) is 30.7 Å². The van der Waals surface area contributed by atoms with Crippen LogP contribution in [0.1, 0.15) is 17.8 Å². The molecular formula is C12H15BrN4. The van der Waals surface area contributed by atoms with Crippen LogP contribution in [0.2, 0.25) is 0 Å². The second kappa shape index (κ2) is 6.51. The molecule has 0 spiro atoms. The lowest BCUT2D eigenvalue weighted by atomic mass is 10.2. The Kier molecular flexibility index (Phi) is 4.70. The summed E-state index contributed by atoms with van der Waals surface area (Å²) >= 11 is 3.42. The summed E-state index contributed by atoms with van der Waals surface area (Å²) in [5, 5.41) is 10.1. The fraction of sp³-hybridized carbons (Fsp3) is 0.333. The minimum absolute atomic E-state index is 0.906. The molecule has 1 heterocycles. The highest BCUT2D eigenvalue weighted by atomic mass is 79.9. The minimum Gasteiger partial charge on any atom is -0.313 e. The molecule has 0 aliphatic heterocycles. The molecule has 0 atom stereocenters. The third-order valence-electron chi connectivity index (χ3n) is 2.47. The van der Waals surface area contributed by atoms with E-state index in [1.807, 2.05) is 0 Å². The number of aromatic amines is 1. The molecule has 0 aliphatic carbocycles. The number of rotatable bonds is 6. The molecule has 17 heavy (non-hydrogen) atoms. The highest BCUT2D eigenvalue weighted by Gasteiger charge is 1.96. The van der Waals surface area contributed by atoms with E-state index in [1.165, 1.54) is 5.56 Å². The molecule has 0 fully saturated rings. The van der Waals surface area contributed by atoms with Gasteiger partial charge in [0.1, 0.15) is 12.2 Å². The van der Waals surface area contributed by atoms with Crippen molar-refractivity contribution in [3.63, 3.8) is 0 Å². The first-order valence-electron chi connectivity index (χ1n) is 5.64. The van der Waals surface area contributed by atoms with E-state index >= 15 is 0 Å². The van der Waals surface area contributed by atoms with Crippen LogP contribution < -0.4 is 5.32 Å². The van der Waals surface area contributed by atoms with Crippen molar-refractivity contribution in [1.29, 1.82) is 0 Å². The van der Waals surface area contributed by atoms with E-state index in [9.17, 15) is 0 Å². The Hall–Kier alpha value is -1.20. The number of benzene rings is 1. The molecule has 0 amide bonds. The smallest absolute Gasteiger partial charge is 0.137 e. The molecule has 0 unspecified atom stereocenters. The van der Waals surface area contributed by atoms with Crippen LogP contribution in [0.25, 0.3) is 0 Å². The first-order chi connectivity index (χ1) is 8.34. The van der Waals surface area contributed by atoms with Crippen LogP contribution in [0.4, 0.5) is 0 Å². The normalized spacial score (nSPS) is 10.6. The molecule has 2 rings (SSSR count). The zero-order chi connectivity index (χ0) is 11.9. The quantitative estimate of drug-likeness (QED) is 0.804. The summed E-state index contributed by atoms with van der Waals surface area (Å²) in [6.07, 6.45) is 3.55. The molecule has 0 saturated carbocycles. The fourth-order valence-electron chi connectivity index (χ4n) is 1.57. The van der Waals surface area contributed by atoms with Gasteiger partial charge in [0.05, 0.1) is 0 Å². The summed E-state index contributed by atoms with van der Waals surface area (Å²) < 4.78 is 1.12. The van der Waals surface area contributed by atoms with Gasteiger partial charge in [-0.2, -0.15) is 5.10 Å². The van der Waals surface area contributed by atoms with Gasteiger partial charge in [-0.3, -0.25) is 5.10 Å². The SMILES string of the molecule is Brc1ccc(CNCCCc2ncn[nH]2)cc1. The monoisotopic (exact) mass is 294 g/mol. The van der Waals surface area contributed by atoms with Crippen molar-refractivity contribution in [1.82, 2.24) is 20.5 Å². The van der Waals surface area contributed by atoms with Gasteiger partial charge in [-0.15, -0.1) is 0 Å². The standard InChI is InChI=1S/C12H15BrN4/c13-11-5-3-10(4-6-11)8-14-7-1-2-12-15-9-16-17-12/h3-6,9,14H,1-2,7-8H2,(H,15,16,17). The number of H-pyrrole nitrogens is 1. The van der Waals surface area contributed by atoms with Crippen LogP contribution >= 0.6 is 15.9 Å². The summed E-state index contributed by atoms with van der Waals surface area (Å²) in [6.45, 7) is 1.89. The molecule has 90 valence electrons. The molecule has 1 aromatic carbocycles. The molecule has 4 nitrogen and oxygen atoms in total. The maximum Gasteiger partial charge on any atom is 0.137 e. The third-order valence-corrected chi connectivity index (χ3v) is 3.00. The third kappa shape index (κ3) is 4.28. The van der Waals surface area contributed by atoms with Gasteiger partial charge in [0.2, 0.25) is 0 Å². The molecule has 0 saturated heterocycles. The van der Waals surface area contributed by atoms with E-state index in [0.717, 1.165) is 36.2 Å². The van der Waals surface area contributed by atoms with Crippen LogP contribution in [0.5, 0.6) is 0 Å². The second-order valence-electron chi connectivity index (χ2n) is 3.84. The molecule has 0 radical (unpaired) electrons. The van der Waals surface area contributed by atoms with Gasteiger partial charge in [-0.1, -0.05) is 28.1 Å². The van der Waals surface area contributed by atoms with Crippen LogP contribution in [-0.2, 0) is 13.0 Å². The van der Waals surface area contributed by atoms with Gasteiger partial charge < -0.3 is 5.32 Å². The summed E-state index contributed by atoms with van der Waals surface area (Å²) in [5.74, 6) is 0.954. The van der Waals surface area contributed by atoms with E-state index < -0.39 is 0 Å². The van der Waals surface area contributed by atoms with Gasteiger partial charge in [0.15, 0.2) is 0 Å². The van der Waals surface area contributed by atoms with E-state index in [1.54, 1.807) is 6.33 Å². The van der Waals surface area contributed by atoms with Crippen molar-refractivity contribution in [2.45, 2.75) is 19.4 Å². The predicted octanol–water partition coefficient (Wildman–Crippen LogP) is 2.29. The van der Waals surface area contributed by atoms with E-state index in [4.69, 9.17) is 0 Å². The highest BCUT2D eigenvalue weighted by molar-refractivity contribution is 9.10. The lowest BCUT2D eigenvalue weighted by molar-refractivity contribution is 0.639. The van der Waals surface area contributed by atoms with Gasteiger partial charge in [-0.25, -0.2) is 4.98 Å². The highest BCUT2D eigenvalue weighted by Crippen LogP contribution is 2.10. The summed E-state index contributed by atoms with van der Waals surface area (Å²) in [4.78, 5) is 4.08. The van der Waals surface area contributed by atoms with E-state index in [-0.39, 0.29) is 0 Å². The van der Waals surface area contributed by atoms with Crippen molar-refractivity contribution in [3.05, 3.63) is 46.5 Å². The largest absolute Gasteiger partial charge is 0.313 e. The average Bonchev–Trinajstić information content (AvgIpc) is 2.84. The van der Waals surface area contributed by atoms with E-state index in [2.05, 4.69) is 60.7 Å². The maximum absolute atomic E-state index is 4.08. The molecule has 5 heteroatoms. The Bertz CT molecular complexity index is 424. The summed E-state index contributed by atoms with van der Waals surface area (Å²) in [7, 11) is 0. The zero-order valence-corrected chi connectivity index (χ0v) is 11.1. The fourth-order valence-corrected chi connectivity index (χ4v) is 1.83. The maximum atomic E-state index is 4.08. The average molecular weight is 295 g/mol. The number of aryl methyl sites for hydroxylation is 1. The van der Waals surface area contributed by atoms with Crippen LogP contribution in [0.15, 0.2) is 35.1 Å². The van der Waals surface area contributed by atoms with Gasteiger partial charge >= 0.3 is 0 Å². The number of hydrogen-bond acceptors (Lipinski definition) is 3. The lowest BCUT2D eigenvalue weighted by Crippen LogP contribution is -2.15. The molecule has 2 aromatic rings. The van der Waals surface area contributed by atoms with Crippen molar-refractivity contribution in [2.75, 3.05) is 6.54 Å². The molecule has 0 aliphatic rings. The van der Waals surface area contributed by atoms with Crippen LogP contribution in [0, 0.1) is 0 Å². The predicted molar refractivity (Wildman–Crippen MR) is 70.6 cm³/mol. The number of nitrogens with one attached hydrogen (secondary N) is 2. The van der Waals surface area contributed by atoms with Crippen molar-refractivity contribution < 1.29 is 0 Å². The summed E-state index contributed by atoms with van der Waals surface area (Å²) in [5.41, 5.74) is 1.30. The minimum atomic E-state index is 0.906. The summed E-state index contributed by atoms with van der Waals surface area (Å²) in [6, 6.07) is 8.36. The zero-order valence-electron chi connectivity index (χ0n) is 9.49. The Labute approximate surface area is 109 Å². The second-order valence-corrected chi connectivity index (χ2v) is 4.75. The topological polar surface area (TPSA) is 53.6 Å². The number of aromatic nitrogens is 3. The van der Waals surface area contributed by atoms with Crippen molar-refractivity contribution in [2.24, 2.45) is 0 Å². The molecule has 2 N–H and O–H groups in total. The number of hydrogen-bond donors (Lipinski definition) is 2. The number of nitrogens with zero attached hydrogens (tertiary/aromatic N) is 2. The molecule has 0 bridgehead atoms. The Morgan fingerprint density at radius 2 is 2.06 bits per heavy atom. The van der Waals surface area contributed by atoms with Crippen molar-refractivity contribution in [3.8, 4) is 0 Å². The first-order valence-corrected chi connectivity index (χ1v) is 6.43. The van der Waals surface area contributed by atoms with Crippen molar-refractivity contribution >= 4 is 15.9 Å².